The van der Waals surface area contributed by atoms with E-state index in [-0.39, 0.29) is 24.8 Å². The Bertz CT molecular complexity index is 294. The van der Waals surface area contributed by atoms with Crippen LogP contribution in [-0.2, 0) is 14.4 Å². The zero-order valence-electron chi connectivity index (χ0n) is 10.8. The minimum atomic E-state index is -0.788. The van der Waals surface area contributed by atoms with Crippen LogP contribution in [0.3, 0.4) is 0 Å². The van der Waals surface area contributed by atoms with E-state index in [1.807, 2.05) is 6.92 Å². The van der Waals surface area contributed by atoms with Gasteiger partial charge < -0.3 is 10.4 Å². The Hall–Kier alpha value is -1.63. The average Bonchev–Trinajstić information content (AvgIpc) is 2.29. The quantitative estimate of drug-likeness (QED) is 0.351. The second-order valence-corrected chi connectivity index (χ2v) is 4.23. The lowest BCUT2D eigenvalue weighted by atomic mass is 10.0. The van der Waals surface area contributed by atoms with Crippen molar-refractivity contribution in [1.29, 1.82) is 0 Å². The van der Waals surface area contributed by atoms with Crippen molar-refractivity contribution in [3.8, 4) is 0 Å². The number of carboxylic acids is 1. The van der Waals surface area contributed by atoms with Crippen molar-refractivity contribution in [2.45, 2.75) is 33.1 Å². The molecule has 7 nitrogen and oxygen atoms in total. The van der Waals surface area contributed by atoms with E-state index in [9.17, 15) is 14.4 Å². The SMILES string of the molecule is CC(=O)NNC(=O)CNCCC(C)CCC(=O)O. The molecule has 7 heteroatoms. The minimum Gasteiger partial charge on any atom is -0.481 e. The Morgan fingerprint density at radius 3 is 2.39 bits per heavy atom. The Balaban J connectivity index is 3.46. The van der Waals surface area contributed by atoms with E-state index in [4.69, 9.17) is 5.11 Å². The van der Waals surface area contributed by atoms with E-state index in [0.29, 0.717) is 18.9 Å². The number of amides is 2. The minimum absolute atomic E-state index is 0.117. The molecule has 0 fully saturated rings. The number of rotatable bonds is 8. The molecule has 2 amide bonds. The molecule has 0 radical (unpaired) electrons. The molecule has 0 aliphatic rings. The Morgan fingerprint density at radius 2 is 1.83 bits per heavy atom. The maximum Gasteiger partial charge on any atom is 0.303 e. The summed E-state index contributed by atoms with van der Waals surface area (Å²) in [7, 11) is 0. The van der Waals surface area contributed by atoms with E-state index in [2.05, 4.69) is 16.2 Å². The molecule has 1 atom stereocenters. The molecule has 1 unspecified atom stereocenters. The highest BCUT2D eigenvalue weighted by Gasteiger charge is 2.06. The van der Waals surface area contributed by atoms with Gasteiger partial charge in [0.1, 0.15) is 0 Å². The predicted octanol–water partition coefficient (Wildman–Crippen LogP) is -0.366. The van der Waals surface area contributed by atoms with E-state index >= 15 is 0 Å². The number of aliphatic carboxylic acids is 1. The summed E-state index contributed by atoms with van der Waals surface area (Å²) in [6.45, 7) is 4.03. The summed E-state index contributed by atoms with van der Waals surface area (Å²) in [6, 6.07) is 0. The van der Waals surface area contributed by atoms with Crippen LogP contribution in [0.1, 0.15) is 33.1 Å². The average molecular weight is 259 g/mol. The van der Waals surface area contributed by atoms with E-state index in [0.717, 1.165) is 6.42 Å². The molecule has 0 aliphatic carbocycles. The third-order valence-corrected chi connectivity index (χ3v) is 2.33. The van der Waals surface area contributed by atoms with Crippen molar-refractivity contribution < 1.29 is 19.5 Å². The van der Waals surface area contributed by atoms with Crippen LogP contribution < -0.4 is 16.2 Å². The molecule has 0 aliphatic heterocycles. The van der Waals surface area contributed by atoms with Crippen LogP contribution in [0.25, 0.3) is 0 Å². The molecule has 0 heterocycles. The van der Waals surface area contributed by atoms with Gasteiger partial charge in [0.25, 0.3) is 5.91 Å². The molecule has 0 saturated heterocycles. The topological polar surface area (TPSA) is 108 Å². The Labute approximate surface area is 106 Å². The number of carbonyl (C=O) groups excluding carboxylic acids is 2. The fraction of sp³-hybridized carbons (Fsp3) is 0.727. The van der Waals surface area contributed by atoms with Crippen LogP contribution >= 0.6 is 0 Å². The van der Waals surface area contributed by atoms with Crippen molar-refractivity contribution in [2.75, 3.05) is 13.1 Å². The smallest absolute Gasteiger partial charge is 0.303 e. The monoisotopic (exact) mass is 259 g/mol. The Morgan fingerprint density at radius 1 is 1.17 bits per heavy atom. The van der Waals surface area contributed by atoms with Crippen molar-refractivity contribution >= 4 is 17.8 Å². The molecule has 4 N–H and O–H groups in total. The van der Waals surface area contributed by atoms with Gasteiger partial charge in [0.15, 0.2) is 0 Å². The first-order chi connectivity index (χ1) is 8.41. The number of hydrazine groups is 1. The summed E-state index contributed by atoms with van der Waals surface area (Å²) in [5.74, 6) is -1.13. The third-order valence-electron chi connectivity index (χ3n) is 2.33. The Kier molecular flexibility index (Phi) is 8.55. The summed E-state index contributed by atoms with van der Waals surface area (Å²) < 4.78 is 0. The van der Waals surface area contributed by atoms with Gasteiger partial charge in [-0.15, -0.1) is 0 Å². The molecule has 0 bridgehead atoms. The van der Waals surface area contributed by atoms with Crippen LogP contribution in [0.15, 0.2) is 0 Å². The van der Waals surface area contributed by atoms with Crippen molar-refractivity contribution in [3.05, 3.63) is 0 Å². The highest BCUT2D eigenvalue weighted by Crippen LogP contribution is 2.08. The number of nitrogens with one attached hydrogen (secondary N) is 3. The number of hydrogen-bond acceptors (Lipinski definition) is 4. The van der Waals surface area contributed by atoms with Crippen LogP contribution in [0.2, 0.25) is 0 Å². The molecule has 0 rings (SSSR count). The normalized spacial score (nSPS) is 11.7. The van der Waals surface area contributed by atoms with Crippen molar-refractivity contribution in [2.24, 2.45) is 5.92 Å². The molecular weight excluding hydrogens is 238 g/mol. The highest BCUT2D eigenvalue weighted by molar-refractivity contribution is 5.81. The van der Waals surface area contributed by atoms with Gasteiger partial charge in [0, 0.05) is 13.3 Å². The highest BCUT2D eigenvalue weighted by atomic mass is 16.4. The van der Waals surface area contributed by atoms with Crippen molar-refractivity contribution in [1.82, 2.24) is 16.2 Å². The first-order valence-corrected chi connectivity index (χ1v) is 5.89. The summed E-state index contributed by atoms with van der Waals surface area (Å²) in [5.41, 5.74) is 4.42. The van der Waals surface area contributed by atoms with Gasteiger partial charge in [0.05, 0.1) is 6.54 Å². The predicted molar refractivity (Wildman–Crippen MR) is 65.5 cm³/mol. The number of hydrogen-bond donors (Lipinski definition) is 4. The summed E-state index contributed by atoms with van der Waals surface area (Å²) in [5, 5.41) is 11.4. The molecule has 18 heavy (non-hydrogen) atoms. The zero-order valence-corrected chi connectivity index (χ0v) is 10.8. The van der Waals surface area contributed by atoms with Crippen LogP contribution in [0, 0.1) is 5.92 Å². The fourth-order valence-electron chi connectivity index (χ4n) is 1.27. The third kappa shape index (κ3) is 10.9. The largest absolute Gasteiger partial charge is 0.481 e. The first kappa shape index (κ1) is 16.4. The molecule has 0 saturated carbocycles. The van der Waals surface area contributed by atoms with E-state index < -0.39 is 5.97 Å². The maximum atomic E-state index is 11.1. The van der Waals surface area contributed by atoms with Gasteiger partial charge >= 0.3 is 5.97 Å². The van der Waals surface area contributed by atoms with E-state index in [1.54, 1.807) is 0 Å². The molecule has 0 aromatic rings. The molecule has 0 spiro atoms. The van der Waals surface area contributed by atoms with Gasteiger partial charge in [0.2, 0.25) is 5.91 Å². The number of carbonyl (C=O) groups is 3. The van der Waals surface area contributed by atoms with Crippen LogP contribution in [0.5, 0.6) is 0 Å². The fourth-order valence-corrected chi connectivity index (χ4v) is 1.27. The molecule has 0 aromatic heterocycles. The lowest BCUT2D eigenvalue weighted by Crippen LogP contribution is -2.44. The standard InChI is InChI=1S/C11H21N3O4/c1-8(3-4-11(17)18)5-6-12-7-10(16)14-13-9(2)15/h8,12H,3-7H2,1-2H3,(H,13,15)(H,14,16)(H,17,18). The zero-order chi connectivity index (χ0) is 14.0. The summed E-state index contributed by atoms with van der Waals surface area (Å²) in [6.07, 6.45) is 1.61. The van der Waals surface area contributed by atoms with Gasteiger partial charge in [-0.1, -0.05) is 6.92 Å². The summed E-state index contributed by atoms with van der Waals surface area (Å²) in [4.78, 5) is 32.0. The molecular formula is C11H21N3O4. The molecule has 0 aromatic carbocycles. The number of carboxylic acid groups (broad SMARTS) is 1. The lowest BCUT2D eigenvalue weighted by molar-refractivity contribution is -0.137. The summed E-state index contributed by atoms with van der Waals surface area (Å²) >= 11 is 0. The second-order valence-electron chi connectivity index (χ2n) is 4.23. The van der Waals surface area contributed by atoms with Gasteiger partial charge in [-0.2, -0.15) is 0 Å². The molecule has 104 valence electrons. The van der Waals surface area contributed by atoms with Gasteiger partial charge in [-0.05, 0) is 25.3 Å². The van der Waals surface area contributed by atoms with E-state index in [1.165, 1.54) is 6.92 Å². The lowest BCUT2D eigenvalue weighted by Gasteiger charge is -2.10. The maximum absolute atomic E-state index is 11.1. The van der Waals surface area contributed by atoms with Crippen molar-refractivity contribution in [3.63, 3.8) is 0 Å². The first-order valence-electron chi connectivity index (χ1n) is 5.89. The van der Waals surface area contributed by atoms with Crippen LogP contribution in [-0.4, -0.2) is 36.0 Å². The van der Waals surface area contributed by atoms with Gasteiger partial charge in [-0.3, -0.25) is 25.2 Å². The van der Waals surface area contributed by atoms with Crippen LogP contribution in [0.4, 0.5) is 0 Å². The second kappa shape index (κ2) is 9.41. The van der Waals surface area contributed by atoms with Gasteiger partial charge in [-0.25, -0.2) is 0 Å².